The van der Waals surface area contributed by atoms with Gasteiger partial charge < -0.3 is 15.5 Å². The normalized spacial score (nSPS) is 12.8. The van der Waals surface area contributed by atoms with Crippen LogP contribution >= 0.6 is 0 Å². The van der Waals surface area contributed by atoms with Crippen molar-refractivity contribution in [3.63, 3.8) is 0 Å². The van der Waals surface area contributed by atoms with E-state index in [1.165, 1.54) is 0 Å². The van der Waals surface area contributed by atoms with E-state index in [0.29, 0.717) is 30.3 Å². The number of urea groups is 1. The lowest BCUT2D eigenvalue weighted by atomic mass is 10.1. The topological polar surface area (TPSA) is 61.4 Å². The lowest BCUT2D eigenvalue weighted by Gasteiger charge is -2.18. The molecule has 2 aromatic rings. The number of benzene rings is 2. The summed E-state index contributed by atoms with van der Waals surface area (Å²) in [5.74, 6) is 0.538. The zero-order valence-electron chi connectivity index (χ0n) is 15.3. The molecule has 0 atom stereocenters. The van der Waals surface area contributed by atoms with Gasteiger partial charge in [0.15, 0.2) is 0 Å². The van der Waals surface area contributed by atoms with Gasteiger partial charge in [0, 0.05) is 30.0 Å². The predicted octanol–water partition coefficient (Wildman–Crippen LogP) is 4.06. The van der Waals surface area contributed by atoms with Gasteiger partial charge in [-0.15, -0.1) is 0 Å². The number of rotatable bonds is 5. The van der Waals surface area contributed by atoms with Gasteiger partial charge in [0.25, 0.3) is 5.91 Å². The summed E-state index contributed by atoms with van der Waals surface area (Å²) < 4.78 is 0. The van der Waals surface area contributed by atoms with Gasteiger partial charge in [0.1, 0.15) is 0 Å². The minimum Gasteiger partial charge on any atom is -0.338 e. The Morgan fingerprint density at radius 1 is 1.12 bits per heavy atom. The molecule has 0 aliphatic carbocycles. The Morgan fingerprint density at radius 3 is 2.62 bits per heavy atom. The number of hydrogen-bond acceptors (Lipinski definition) is 2. The average Bonchev–Trinajstić information content (AvgIpc) is 3.04. The number of carbonyl (C=O) groups is 2. The number of carbonyl (C=O) groups excluding carboxylic acids is 2. The molecule has 0 radical (unpaired) electrons. The van der Waals surface area contributed by atoms with Gasteiger partial charge in [-0.25, -0.2) is 4.79 Å². The van der Waals surface area contributed by atoms with Gasteiger partial charge in [0.2, 0.25) is 0 Å². The maximum Gasteiger partial charge on any atom is 0.319 e. The molecule has 5 nitrogen and oxygen atoms in total. The number of nitrogens with one attached hydrogen (secondary N) is 2. The molecule has 3 amide bonds. The molecule has 1 heterocycles. The molecule has 2 N–H and O–H groups in total. The van der Waals surface area contributed by atoms with Crippen LogP contribution in [0.3, 0.4) is 0 Å². The summed E-state index contributed by atoms with van der Waals surface area (Å²) in [4.78, 5) is 26.6. The molecule has 0 bridgehead atoms. The summed E-state index contributed by atoms with van der Waals surface area (Å²) in [6, 6.07) is 14.8. The van der Waals surface area contributed by atoms with E-state index in [1.54, 1.807) is 4.90 Å². The molecule has 5 heteroatoms. The molecule has 0 saturated carbocycles. The Labute approximate surface area is 154 Å². The Morgan fingerprint density at radius 2 is 1.88 bits per heavy atom. The van der Waals surface area contributed by atoms with Gasteiger partial charge in [-0.1, -0.05) is 38.1 Å². The van der Waals surface area contributed by atoms with E-state index >= 15 is 0 Å². The summed E-state index contributed by atoms with van der Waals surface area (Å²) in [6.45, 7) is 5.55. The molecule has 26 heavy (non-hydrogen) atoms. The SMILES string of the molecule is CC(C)CCNC(=O)Nc1ccc2c(c1)N(C(=O)c1ccccc1)CC2. The monoisotopic (exact) mass is 351 g/mol. The van der Waals surface area contributed by atoms with Crippen LogP contribution < -0.4 is 15.5 Å². The van der Waals surface area contributed by atoms with Crippen LogP contribution in [-0.4, -0.2) is 25.0 Å². The number of fused-ring (bicyclic) bond motifs is 1. The number of hydrogen-bond donors (Lipinski definition) is 2. The van der Waals surface area contributed by atoms with E-state index < -0.39 is 0 Å². The smallest absolute Gasteiger partial charge is 0.319 e. The van der Waals surface area contributed by atoms with Crippen molar-refractivity contribution >= 4 is 23.3 Å². The molecule has 0 aromatic heterocycles. The second-order valence-corrected chi connectivity index (χ2v) is 6.98. The summed E-state index contributed by atoms with van der Waals surface area (Å²) in [6.07, 6.45) is 1.77. The first-order chi connectivity index (χ1) is 12.5. The van der Waals surface area contributed by atoms with Gasteiger partial charge >= 0.3 is 6.03 Å². The molecule has 0 saturated heterocycles. The van der Waals surface area contributed by atoms with Gasteiger partial charge in [-0.2, -0.15) is 0 Å². The predicted molar refractivity (Wildman–Crippen MR) is 105 cm³/mol. The van der Waals surface area contributed by atoms with Crippen LogP contribution in [0.25, 0.3) is 0 Å². The van der Waals surface area contributed by atoms with E-state index in [2.05, 4.69) is 24.5 Å². The first kappa shape index (κ1) is 18.0. The van der Waals surface area contributed by atoms with E-state index in [4.69, 9.17) is 0 Å². The highest BCUT2D eigenvalue weighted by Crippen LogP contribution is 2.32. The van der Waals surface area contributed by atoms with Crippen LogP contribution in [0.5, 0.6) is 0 Å². The van der Waals surface area contributed by atoms with Crippen molar-refractivity contribution in [3.05, 3.63) is 59.7 Å². The third-order valence-corrected chi connectivity index (χ3v) is 4.51. The van der Waals surface area contributed by atoms with Crippen LogP contribution in [0.4, 0.5) is 16.2 Å². The van der Waals surface area contributed by atoms with Crippen LogP contribution in [-0.2, 0) is 6.42 Å². The molecule has 136 valence electrons. The summed E-state index contributed by atoms with van der Waals surface area (Å²) in [7, 11) is 0. The molecule has 0 fully saturated rings. The number of nitrogens with zero attached hydrogens (tertiary/aromatic N) is 1. The van der Waals surface area contributed by atoms with Crippen molar-refractivity contribution in [2.75, 3.05) is 23.3 Å². The molecule has 1 aliphatic rings. The Hall–Kier alpha value is -2.82. The number of amides is 3. The second kappa shape index (κ2) is 8.04. The minimum absolute atomic E-state index is 0.0112. The summed E-state index contributed by atoms with van der Waals surface area (Å²) in [5.41, 5.74) is 3.36. The zero-order chi connectivity index (χ0) is 18.5. The van der Waals surface area contributed by atoms with Gasteiger partial charge in [0.05, 0.1) is 0 Å². The van der Waals surface area contributed by atoms with Gasteiger partial charge in [-0.3, -0.25) is 4.79 Å². The minimum atomic E-state index is -0.218. The van der Waals surface area contributed by atoms with Crippen molar-refractivity contribution in [1.82, 2.24) is 5.32 Å². The van der Waals surface area contributed by atoms with Crippen molar-refractivity contribution in [3.8, 4) is 0 Å². The maximum absolute atomic E-state index is 12.8. The standard InChI is InChI=1S/C21H25N3O2/c1-15(2)10-12-22-21(26)23-18-9-8-16-11-13-24(19(16)14-18)20(25)17-6-4-3-5-7-17/h3-9,14-15H,10-13H2,1-2H3,(H2,22,23,26). The zero-order valence-corrected chi connectivity index (χ0v) is 15.3. The maximum atomic E-state index is 12.8. The Bertz CT molecular complexity index is 787. The van der Waals surface area contributed by atoms with E-state index in [1.807, 2.05) is 48.5 Å². The summed E-state index contributed by atoms with van der Waals surface area (Å²) in [5, 5.41) is 5.72. The van der Waals surface area contributed by atoms with Crippen LogP contribution in [0.2, 0.25) is 0 Å². The molecular formula is C21H25N3O2. The van der Waals surface area contributed by atoms with E-state index in [-0.39, 0.29) is 11.9 Å². The molecule has 0 spiro atoms. The van der Waals surface area contributed by atoms with Gasteiger partial charge in [-0.05, 0) is 48.6 Å². The molecule has 1 aliphatic heterocycles. The third kappa shape index (κ3) is 4.23. The Kier molecular flexibility index (Phi) is 5.56. The highest BCUT2D eigenvalue weighted by Gasteiger charge is 2.25. The average molecular weight is 351 g/mol. The lowest BCUT2D eigenvalue weighted by Crippen LogP contribution is -2.30. The van der Waals surface area contributed by atoms with Crippen molar-refractivity contribution in [1.29, 1.82) is 0 Å². The quantitative estimate of drug-likeness (QED) is 0.853. The second-order valence-electron chi connectivity index (χ2n) is 6.98. The first-order valence-electron chi connectivity index (χ1n) is 9.09. The molecular weight excluding hydrogens is 326 g/mol. The van der Waals surface area contributed by atoms with E-state index in [9.17, 15) is 9.59 Å². The summed E-state index contributed by atoms with van der Waals surface area (Å²) >= 11 is 0. The van der Waals surface area contributed by atoms with Crippen LogP contribution in [0.1, 0.15) is 36.2 Å². The lowest BCUT2D eigenvalue weighted by molar-refractivity contribution is 0.0989. The van der Waals surface area contributed by atoms with Crippen molar-refractivity contribution in [2.45, 2.75) is 26.7 Å². The number of anilines is 2. The highest BCUT2D eigenvalue weighted by molar-refractivity contribution is 6.07. The first-order valence-corrected chi connectivity index (χ1v) is 9.09. The van der Waals surface area contributed by atoms with E-state index in [0.717, 1.165) is 24.1 Å². The van der Waals surface area contributed by atoms with Crippen molar-refractivity contribution < 1.29 is 9.59 Å². The van der Waals surface area contributed by atoms with Crippen LogP contribution in [0, 0.1) is 5.92 Å². The fraction of sp³-hybridized carbons (Fsp3) is 0.333. The fourth-order valence-corrected chi connectivity index (χ4v) is 3.05. The molecule has 3 rings (SSSR count). The molecule has 2 aromatic carbocycles. The Balaban J connectivity index is 1.69. The molecule has 0 unspecified atom stereocenters. The van der Waals surface area contributed by atoms with Crippen LogP contribution in [0.15, 0.2) is 48.5 Å². The van der Waals surface area contributed by atoms with Crippen molar-refractivity contribution in [2.24, 2.45) is 5.92 Å². The largest absolute Gasteiger partial charge is 0.338 e. The highest BCUT2D eigenvalue weighted by atomic mass is 16.2. The third-order valence-electron chi connectivity index (χ3n) is 4.51. The fourth-order valence-electron chi connectivity index (χ4n) is 3.05.